The van der Waals surface area contributed by atoms with Crippen LogP contribution in [0.2, 0.25) is 6.32 Å². The summed E-state index contributed by atoms with van der Waals surface area (Å²) in [6, 6.07) is 2.96. The Morgan fingerprint density at radius 2 is 1.95 bits per heavy atom. The van der Waals surface area contributed by atoms with Crippen molar-refractivity contribution in [3.05, 3.63) is 23.5 Å². The van der Waals surface area contributed by atoms with Gasteiger partial charge in [-0.25, -0.2) is 4.39 Å². The first kappa shape index (κ1) is 15.0. The Kier molecular flexibility index (Phi) is 3.45. The predicted octanol–water partition coefficient (Wildman–Crippen LogP) is 2.83. The van der Waals surface area contributed by atoms with E-state index in [9.17, 15) is 4.39 Å². The average molecular weight is 276 g/mol. The molecule has 0 atom stereocenters. The summed E-state index contributed by atoms with van der Waals surface area (Å²) < 4.78 is 20.3. The lowest BCUT2D eigenvalue weighted by atomic mass is 9.54. The molecule has 0 saturated carbocycles. The summed E-state index contributed by atoms with van der Waals surface area (Å²) in [5.74, 6) is -0.356. The summed E-state index contributed by atoms with van der Waals surface area (Å²) in [6.07, 6.45) is 0.747. The van der Waals surface area contributed by atoms with Crippen LogP contribution in [0.15, 0.2) is 12.1 Å². The Balaban J connectivity index is 2.45. The van der Waals surface area contributed by atoms with E-state index in [1.807, 2.05) is 13.8 Å². The normalized spacial score (nSPS) is 20.2. The van der Waals surface area contributed by atoms with Crippen LogP contribution in [0.5, 0.6) is 0 Å². The minimum atomic E-state index is -0.356. The summed E-state index contributed by atoms with van der Waals surface area (Å²) in [5.41, 5.74) is 7.14. The van der Waals surface area contributed by atoms with E-state index in [2.05, 4.69) is 13.8 Å². The lowest BCUT2D eigenvalue weighted by Crippen LogP contribution is -2.37. The second-order valence-electron chi connectivity index (χ2n) is 6.79. The number of hydrogen-bond acceptors (Lipinski definition) is 3. The molecule has 1 saturated heterocycles. The molecule has 3 N–H and O–H groups in total. The summed E-state index contributed by atoms with van der Waals surface area (Å²) in [6.45, 7) is 9.68. The highest BCUT2D eigenvalue weighted by Gasteiger charge is 2.50. The zero-order valence-corrected chi connectivity index (χ0v) is 12.8. The van der Waals surface area contributed by atoms with Gasteiger partial charge in [-0.2, -0.15) is 0 Å². The molecule has 20 heavy (non-hydrogen) atoms. The van der Waals surface area contributed by atoms with Gasteiger partial charge in [-0.1, -0.05) is 19.9 Å². The molecule has 2 rings (SSSR count). The van der Waals surface area contributed by atoms with E-state index in [1.54, 1.807) is 13.0 Å². The number of benzene rings is 1. The number of anilines is 1. The summed E-state index contributed by atoms with van der Waals surface area (Å²) in [5, 5.41) is 7.73. The Labute approximate surface area is 120 Å². The van der Waals surface area contributed by atoms with E-state index in [1.165, 1.54) is 6.07 Å². The standard InChI is InChI=1S/C15H22BFN2O/c1-9(18)10-6-11(12(17)7-13(10)19)16-8-14(2,3)15(4,5)20-16/h6-7,18H,8,19H2,1-5H3. The highest BCUT2D eigenvalue weighted by Crippen LogP contribution is 2.45. The van der Waals surface area contributed by atoms with Crippen molar-refractivity contribution in [2.24, 2.45) is 5.41 Å². The molecule has 0 radical (unpaired) electrons. The van der Waals surface area contributed by atoms with Crippen molar-refractivity contribution in [2.45, 2.75) is 46.5 Å². The number of nitrogens with one attached hydrogen (secondary N) is 1. The fourth-order valence-corrected chi connectivity index (χ4v) is 2.62. The van der Waals surface area contributed by atoms with Gasteiger partial charge < -0.3 is 15.8 Å². The largest absolute Gasteiger partial charge is 0.425 e. The maximum Gasteiger partial charge on any atom is 0.330 e. The second kappa shape index (κ2) is 4.59. The van der Waals surface area contributed by atoms with Crippen molar-refractivity contribution in [3.8, 4) is 0 Å². The van der Waals surface area contributed by atoms with E-state index in [0.29, 0.717) is 22.4 Å². The molecule has 1 aliphatic heterocycles. The smallest absolute Gasteiger partial charge is 0.330 e. The second-order valence-corrected chi connectivity index (χ2v) is 6.79. The van der Waals surface area contributed by atoms with Gasteiger partial charge in [0.2, 0.25) is 0 Å². The van der Waals surface area contributed by atoms with Crippen molar-refractivity contribution in [2.75, 3.05) is 5.73 Å². The van der Waals surface area contributed by atoms with E-state index in [0.717, 1.165) is 6.32 Å². The van der Waals surface area contributed by atoms with E-state index < -0.39 is 0 Å². The van der Waals surface area contributed by atoms with Crippen molar-refractivity contribution in [1.29, 1.82) is 5.41 Å². The molecule has 1 heterocycles. The maximum absolute atomic E-state index is 14.2. The Morgan fingerprint density at radius 1 is 1.35 bits per heavy atom. The minimum Gasteiger partial charge on any atom is -0.425 e. The van der Waals surface area contributed by atoms with E-state index in [-0.39, 0.29) is 23.7 Å². The lowest BCUT2D eigenvalue weighted by Gasteiger charge is -2.34. The third-order valence-corrected chi connectivity index (χ3v) is 4.68. The van der Waals surface area contributed by atoms with Gasteiger partial charge in [-0.3, -0.25) is 0 Å². The van der Waals surface area contributed by atoms with Gasteiger partial charge >= 0.3 is 6.92 Å². The van der Waals surface area contributed by atoms with Gasteiger partial charge in [0.1, 0.15) is 5.82 Å². The summed E-state index contributed by atoms with van der Waals surface area (Å²) in [7, 11) is 0. The third kappa shape index (κ3) is 2.35. The van der Waals surface area contributed by atoms with Crippen LogP contribution in [0.4, 0.5) is 10.1 Å². The Morgan fingerprint density at radius 3 is 2.40 bits per heavy atom. The number of hydrogen-bond donors (Lipinski definition) is 2. The van der Waals surface area contributed by atoms with Gasteiger partial charge in [-0.05, 0) is 44.0 Å². The van der Waals surface area contributed by atoms with Crippen LogP contribution in [-0.2, 0) is 4.65 Å². The van der Waals surface area contributed by atoms with Gasteiger partial charge in [0.25, 0.3) is 0 Å². The van der Waals surface area contributed by atoms with E-state index in [4.69, 9.17) is 15.8 Å². The molecular weight excluding hydrogens is 254 g/mol. The molecule has 1 aromatic carbocycles. The first-order chi connectivity index (χ1) is 9.05. The van der Waals surface area contributed by atoms with Crippen molar-refractivity contribution >= 4 is 23.8 Å². The summed E-state index contributed by atoms with van der Waals surface area (Å²) >= 11 is 0. The summed E-state index contributed by atoms with van der Waals surface area (Å²) in [4.78, 5) is 0. The monoisotopic (exact) mass is 276 g/mol. The Hall–Kier alpha value is -1.36. The van der Waals surface area contributed by atoms with Crippen molar-refractivity contribution in [1.82, 2.24) is 0 Å². The molecule has 1 aliphatic rings. The first-order valence-corrected chi connectivity index (χ1v) is 6.87. The molecular formula is C15H22BFN2O. The maximum atomic E-state index is 14.2. The minimum absolute atomic E-state index is 0.0363. The number of rotatable bonds is 2. The molecule has 5 heteroatoms. The molecule has 1 aromatic rings. The van der Waals surface area contributed by atoms with Crippen molar-refractivity contribution in [3.63, 3.8) is 0 Å². The lowest BCUT2D eigenvalue weighted by molar-refractivity contribution is 0.0375. The van der Waals surface area contributed by atoms with Crippen LogP contribution < -0.4 is 11.2 Å². The quantitative estimate of drug-likeness (QED) is 0.495. The van der Waals surface area contributed by atoms with Crippen LogP contribution in [0.25, 0.3) is 0 Å². The average Bonchev–Trinajstić information content (AvgIpc) is 2.47. The highest BCUT2D eigenvalue weighted by atomic mass is 19.1. The number of nitrogen functional groups attached to an aromatic ring is 1. The van der Waals surface area contributed by atoms with Crippen LogP contribution in [0, 0.1) is 16.6 Å². The fraction of sp³-hybridized carbons (Fsp3) is 0.533. The van der Waals surface area contributed by atoms with Crippen LogP contribution in [0.1, 0.15) is 40.2 Å². The zero-order chi connectivity index (χ0) is 15.3. The molecule has 0 bridgehead atoms. The van der Waals surface area contributed by atoms with Crippen LogP contribution in [0.3, 0.4) is 0 Å². The molecule has 0 spiro atoms. The van der Waals surface area contributed by atoms with Gasteiger partial charge in [-0.15, -0.1) is 0 Å². The molecule has 0 amide bonds. The third-order valence-electron chi connectivity index (χ3n) is 4.68. The van der Waals surface area contributed by atoms with Gasteiger partial charge in [0.15, 0.2) is 0 Å². The molecule has 0 unspecified atom stereocenters. The predicted molar refractivity (Wildman–Crippen MR) is 82.5 cm³/mol. The van der Waals surface area contributed by atoms with Gasteiger partial charge in [0, 0.05) is 17.0 Å². The zero-order valence-electron chi connectivity index (χ0n) is 12.8. The molecule has 1 fully saturated rings. The first-order valence-electron chi connectivity index (χ1n) is 6.87. The van der Waals surface area contributed by atoms with Crippen molar-refractivity contribution < 1.29 is 9.04 Å². The fourth-order valence-electron chi connectivity index (χ4n) is 2.62. The number of halogens is 1. The SMILES string of the molecule is CC(=N)c1cc(B2CC(C)(C)C(C)(C)O2)c(F)cc1N. The Bertz CT molecular complexity index is 553. The number of nitrogens with two attached hydrogens (primary N) is 1. The highest BCUT2D eigenvalue weighted by molar-refractivity contribution is 6.68. The molecule has 108 valence electrons. The van der Waals surface area contributed by atoms with E-state index >= 15 is 0 Å². The molecule has 3 nitrogen and oxygen atoms in total. The van der Waals surface area contributed by atoms with Gasteiger partial charge in [0.05, 0.1) is 5.60 Å². The molecule has 0 aromatic heterocycles. The molecule has 0 aliphatic carbocycles. The van der Waals surface area contributed by atoms with Crippen LogP contribution >= 0.6 is 0 Å². The van der Waals surface area contributed by atoms with Crippen LogP contribution in [-0.4, -0.2) is 18.2 Å². The topological polar surface area (TPSA) is 59.1 Å².